The third-order valence-electron chi connectivity index (χ3n) is 8.89. The summed E-state index contributed by atoms with van der Waals surface area (Å²) in [6.45, 7) is 14.2. The Bertz CT molecular complexity index is 1310. The second-order valence-corrected chi connectivity index (χ2v) is 14.1. The second-order valence-electron chi connectivity index (χ2n) is 14.1. The van der Waals surface area contributed by atoms with E-state index in [9.17, 15) is 14.4 Å². The Morgan fingerprint density at radius 3 is 2.17 bits per heavy atom. The molecule has 2 aliphatic rings. The summed E-state index contributed by atoms with van der Waals surface area (Å²) in [7, 11) is 1.71. The highest BCUT2D eigenvalue weighted by molar-refractivity contribution is 5.84. The molecule has 3 amide bonds. The topological polar surface area (TPSA) is 97.4 Å². The summed E-state index contributed by atoms with van der Waals surface area (Å²) in [5.41, 5.74) is 0.842. The zero-order valence-electron chi connectivity index (χ0n) is 28.8. The molecule has 1 fully saturated rings. The van der Waals surface area contributed by atoms with E-state index in [4.69, 9.17) is 14.2 Å². The molecule has 2 aliphatic heterocycles. The predicted octanol–water partition coefficient (Wildman–Crippen LogP) is 6.39. The standard InChI is InChI=1S/C37H53N3O6/c1-8-39(22-26(2)3)34(42)28-21-27(23-40(24-28)35(43)46-36(4,5)6)33(41)38-25-37(19-13-14-20-44-7)29-15-9-11-17-31(29)45-32-18-12-10-16-30(32)37/h9-12,15-18,26-28H,8,13-14,19-25H2,1-7H3,(H,38,41). The fourth-order valence-electron chi connectivity index (χ4n) is 6.79. The zero-order chi connectivity index (χ0) is 33.5. The van der Waals surface area contributed by atoms with Crippen molar-refractivity contribution >= 4 is 17.9 Å². The van der Waals surface area contributed by atoms with Crippen molar-refractivity contribution in [3.8, 4) is 11.5 Å². The molecule has 0 spiro atoms. The lowest BCUT2D eigenvalue weighted by atomic mass is 9.69. The number of hydrogen-bond donors (Lipinski definition) is 1. The quantitative estimate of drug-likeness (QED) is 0.272. The summed E-state index contributed by atoms with van der Waals surface area (Å²) in [5.74, 6) is 0.614. The Morgan fingerprint density at radius 1 is 1.00 bits per heavy atom. The van der Waals surface area contributed by atoms with Gasteiger partial charge in [0.25, 0.3) is 0 Å². The molecule has 0 bridgehead atoms. The number of carbonyl (C=O) groups excluding carboxylic acids is 3. The number of carbonyl (C=O) groups is 3. The number of nitrogens with one attached hydrogen (secondary N) is 1. The highest BCUT2D eigenvalue weighted by atomic mass is 16.6. The van der Waals surface area contributed by atoms with Gasteiger partial charge in [-0.25, -0.2) is 4.79 Å². The lowest BCUT2D eigenvalue weighted by molar-refractivity contribution is -0.139. The van der Waals surface area contributed by atoms with Gasteiger partial charge in [-0.15, -0.1) is 0 Å². The Balaban J connectivity index is 1.63. The van der Waals surface area contributed by atoms with Crippen LogP contribution >= 0.6 is 0 Å². The van der Waals surface area contributed by atoms with Gasteiger partial charge in [0.15, 0.2) is 0 Å². The van der Waals surface area contributed by atoms with E-state index in [0.29, 0.717) is 38.6 Å². The van der Waals surface area contributed by atoms with Crippen LogP contribution in [0.5, 0.6) is 11.5 Å². The van der Waals surface area contributed by atoms with Crippen molar-refractivity contribution in [2.45, 2.75) is 78.2 Å². The third kappa shape index (κ3) is 8.41. The molecule has 2 aromatic rings. The van der Waals surface area contributed by atoms with Crippen molar-refractivity contribution in [1.82, 2.24) is 15.1 Å². The summed E-state index contributed by atoms with van der Waals surface area (Å²) in [5, 5.41) is 3.30. The van der Waals surface area contributed by atoms with Gasteiger partial charge in [0.1, 0.15) is 17.1 Å². The first-order valence-electron chi connectivity index (χ1n) is 16.8. The monoisotopic (exact) mass is 635 g/mol. The molecule has 46 heavy (non-hydrogen) atoms. The molecule has 4 rings (SSSR count). The van der Waals surface area contributed by atoms with Gasteiger partial charge in [-0.2, -0.15) is 0 Å². The van der Waals surface area contributed by atoms with Crippen LogP contribution in [0.2, 0.25) is 0 Å². The molecular formula is C37H53N3O6. The molecule has 2 atom stereocenters. The van der Waals surface area contributed by atoms with Crippen molar-refractivity contribution in [3.05, 3.63) is 59.7 Å². The number of amides is 3. The number of para-hydroxylation sites is 2. The lowest BCUT2D eigenvalue weighted by Gasteiger charge is -2.42. The van der Waals surface area contributed by atoms with Gasteiger partial charge in [-0.3, -0.25) is 9.59 Å². The van der Waals surface area contributed by atoms with E-state index in [2.05, 4.69) is 31.3 Å². The fourth-order valence-corrected chi connectivity index (χ4v) is 6.79. The first-order valence-corrected chi connectivity index (χ1v) is 16.8. The van der Waals surface area contributed by atoms with E-state index in [-0.39, 0.29) is 24.9 Å². The van der Waals surface area contributed by atoms with Gasteiger partial charge in [0.05, 0.1) is 11.8 Å². The number of methoxy groups -OCH3 is 1. The summed E-state index contributed by atoms with van der Waals surface area (Å²) in [4.78, 5) is 44.6. The number of hydrogen-bond acceptors (Lipinski definition) is 6. The lowest BCUT2D eigenvalue weighted by Crippen LogP contribution is -2.54. The van der Waals surface area contributed by atoms with Crippen LogP contribution in [0.15, 0.2) is 48.5 Å². The van der Waals surface area contributed by atoms with Gasteiger partial charge < -0.3 is 29.3 Å². The third-order valence-corrected chi connectivity index (χ3v) is 8.89. The molecule has 0 aliphatic carbocycles. The highest BCUT2D eigenvalue weighted by Crippen LogP contribution is 2.50. The average molecular weight is 636 g/mol. The summed E-state index contributed by atoms with van der Waals surface area (Å²) >= 11 is 0. The van der Waals surface area contributed by atoms with Crippen molar-refractivity contribution < 1.29 is 28.6 Å². The summed E-state index contributed by atoms with van der Waals surface area (Å²) < 4.78 is 17.4. The van der Waals surface area contributed by atoms with Gasteiger partial charge >= 0.3 is 6.09 Å². The number of benzene rings is 2. The SMILES string of the molecule is CCN(CC(C)C)C(=O)C1CC(C(=O)NCC2(CCCCOC)c3ccccc3Oc3ccccc32)CN(C(=O)OC(C)(C)C)C1. The van der Waals surface area contributed by atoms with Crippen LogP contribution in [-0.4, -0.2) is 79.7 Å². The maximum Gasteiger partial charge on any atom is 0.410 e. The van der Waals surface area contributed by atoms with Crippen LogP contribution < -0.4 is 10.1 Å². The predicted molar refractivity (Wildman–Crippen MR) is 179 cm³/mol. The van der Waals surface area contributed by atoms with E-state index in [1.54, 1.807) is 12.0 Å². The van der Waals surface area contributed by atoms with Crippen molar-refractivity contribution in [2.24, 2.45) is 17.8 Å². The van der Waals surface area contributed by atoms with Gasteiger partial charge in [0.2, 0.25) is 11.8 Å². The van der Waals surface area contributed by atoms with Crippen LogP contribution in [0, 0.1) is 17.8 Å². The molecule has 2 aromatic carbocycles. The van der Waals surface area contributed by atoms with Gasteiger partial charge in [-0.1, -0.05) is 50.2 Å². The maximum absolute atomic E-state index is 14.2. The van der Waals surface area contributed by atoms with E-state index >= 15 is 0 Å². The van der Waals surface area contributed by atoms with Crippen molar-refractivity contribution in [1.29, 1.82) is 0 Å². The highest BCUT2D eigenvalue weighted by Gasteiger charge is 2.44. The minimum atomic E-state index is -0.697. The number of piperidine rings is 1. The molecule has 2 unspecified atom stereocenters. The van der Waals surface area contributed by atoms with E-state index < -0.39 is 28.9 Å². The number of nitrogens with zero attached hydrogens (tertiary/aromatic N) is 2. The minimum absolute atomic E-state index is 0.0239. The van der Waals surface area contributed by atoms with Gasteiger partial charge in [0, 0.05) is 63.0 Å². The molecule has 0 saturated carbocycles. The Hall–Kier alpha value is -3.59. The van der Waals surface area contributed by atoms with Crippen molar-refractivity contribution in [2.75, 3.05) is 46.4 Å². The van der Waals surface area contributed by atoms with Crippen LogP contribution in [0.3, 0.4) is 0 Å². The average Bonchev–Trinajstić information content (AvgIpc) is 3.02. The maximum atomic E-state index is 14.2. The number of ether oxygens (including phenoxy) is 3. The molecule has 9 heteroatoms. The Morgan fingerprint density at radius 2 is 1.61 bits per heavy atom. The van der Waals surface area contributed by atoms with Crippen LogP contribution in [0.1, 0.15) is 78.4 Å². The van der Waals surface area contributed by atoms with Crippen LogP contribution in [0.4, 0.5) is 4.79 Å². The molecule has 1 N–H and O–H groups in total. The van der Waals surface area contributed by atoms with E-state index in [1.807, 2.05) is 69.0 Å². The second kappa shape index (κ2) is 15.3. The number of likely N-dealkylation sites (tertiary alicyclic amines) is 1. The van der Waals surface area contributed by atoms with Crippen LogP contribution in [-0.2, 0) is 24.5 Å². The molecule has 2 heterocycles. The van der Waals surface area contributed by atoms with E-state index in [0.717, 1.165) is 41.9 Å². The fraction of sp³-hybridized carbons (Fsp3) is 0.595. The number of rotatable bonds is 12. The zero-order valence-corrected chi connectivity index (χ0v) is 28.8. The first kappa shape index (κ1) is 35.3. The largest absolute Gasteiger partial charge is 0.457 e. The number of unbranched alkanes of at least 4 members (excludes halogenated alkanes) is 1. The van der Waals surface area contributed by atoms with E-state index in [1.165, 1.54) is 0 Å². The smallest absolute Gasteiger partial charge is 0.410 e. The Kier molecular flexibility index (Phi) is 11.8. The summed E-state index contributed by atoms with van der Waals surface area (Å²) in [6, 6.07) is 16.1. The molecule has 252 valence electrons. The molecule has 0 aromatic heterocycles. The normalized spacial score (nSPS) is 18.7. The van der Waals surface area contributed by atoms with Crippen molar-refractivity contribution in [3.63, 3.8) is 0 Å². The molecule has 0 radical (unpaired) electrons. The van der Waals surface area contributed by atoms with Crippen LogP contribution in [0.25, 0.3) is 0 Å². The molecule has 1 saturated heterocycles. The first-order chi connectivity index (χ1) is 21.9. The van der Waals surface area contributed by atoms with Gasteiger partial charge in [-0.05, 0) is 71.4 Å². The number of fused-ring (bicyclic) bond motifs is 2. The Labute approximate surface area is 274 Å². The minimum Gasteiger partial charge on any atom is -0.457 e. The molecular weight excluding hydrogens is 582 g/mol. The molecule has 9 nitrogen and oxygen atoms in total. The summed E-state index contributed by atoms with van der Waals surface area (Å²) in [6.07, 6.45) is 2.43.